The van der Waals surface area contributed by atoms with Gasteiger partial charge >= 0.3 is 5.97 Å². The first-order valence-electron chi connectivity index (χ1n) is 6.33. The topological polar surface area (TPSA) is 117 Å². The summed E-state index contributed by atoms with van der Waals surface area (Å²) in [5, 5.41) is 18.2. The second-order valence-corrected chi connectivity index (χ2v) is 6.65. The Morgan fingerprint density at radius 3 is 2.45 bits per heavy atom. The van der Waals surface area contributed by atoms with E-state index in [1.54, 1.807) is 0 Å². The molecule has 1 aliphatic rings. The van der Waals surface area contributed by atoms with Crippen molar-refractivity contribution in [1.29, 1.82) is 0 Å². The SMILES string of the molecule is Cc1oc(C(=O)O)cc1S(=O)(=O)NC1CCC(O)CC1. The van der Waals surface area contributed by atoms with Crippen LogP contribution in [0.3, 0.4) is 0 Å². The molecule has 1 aromatic rings. The number of furan rings is 1. The molecular formula is C12H17NO6S. The van der Waals surface area contributed by atoms with Gasteiger partial charge in [0.25, 0.3) is 0 Å². The molecule has 0 atom stereocenters. The van der Waals surface area contributed by atoms with Gasteiger partial charge in [-0.25, -0.2) is 17.9 Å². The Labute approximate surface area is 116 Å². The lowest BCUT2D eigenvalue weighted by atomic mass is 9.94. The van der Waals surface area contributed by atoms with E-state index in [0.29, 0.717) is 25.7 Å². The molecular weight excluding hydrogens is 286 g/mol. The van der Waals surface area contributed by atoms with E-state index in [1.807, 2.05) is 0 Å². The summed E-state index contributed by atoms with van der Waals surface area (Å²) in [5.74, 6) is -1.66. The first kappa shape index (κ1) is 15.0. The molecule has 7 nitrogen and oxygen atoms in total. The van der Waals surface area contributed by atoms with Crippen LogP contribution >= 0.6 is 0 Å². The van der Waals surface area contributed by atoms with Crippen LogP contribution in [0.5, 0.6) is 0 Å². The minimum Gasteiger partial charge on any atom is -0.475 e. The highest BCUT2D eigenvalue weighted by Gasteiger charge is 2.28. The average Bonchev–Trinajstić information content (AvgIpc) is 2.75. The van der Waals surface area contributed by atoms with E-state index in [0.717, 1.165) is 6.07 Å². The van der Waals surface area contributed by atoms with Crippen molar-refractivity contribution in [2.75, 3.05) is 0 Å². The summed E-state index contributed by atoms with van der Waals surface area (Å²) in [6.45, 7) is 1.41. The zero-order valence-corrected chi connectivity index (χ0v) is 11.8. The summed E-state index contributed by atoms with van der Waals surface area (Å²) in [7, 11) is -3.81. The third-order valence-electron chi connectivity index (χ3n) is 3.39. The van der Waals surface area contributed by atoms with Gasteiger partial charge in [-0.15, -0.1) is 0 Å². The van der Waals surface area contributed by atoms with Gasteiger partial charge in [-0.1, -0.05) is 0 Å². The molecule has 0 aromatic carbocycles. The van der Waals surface area contributed by atoms with Crippen LogP contribution in [0.1, 0.15) is 42.0 Å². The van der Waals surface area contributed by atoms with E-state index < -0.39 is 21.8 Å². The lowest BCUT2D eigenvalue weighted by Crippen LogP contribution is -2.38. The van der Waals surface area contributed by atoms with Crippen LogP contribution in [0.15, 0.2) is 15.4 Å². The zero-order chi connectivity index (χ0) is 14.9. The number of aryl methyl sites for hydroxylation is 1. The highest BCUT2D eigenvalue weighted by atomic mass is 32.2. The van der Waals surface area contributed by atoms with Crippen molar-refractivity contribution in [3.05, 3.63) is 17.6 Å². The molecule has 1 aliphatic carbocycles. The number of hydrogen-bond acceptors (Lipinski definition) is 5. The van der Waals surface area contributed by atoms with E-state index in [4.69, 9.17) is 9.52 Å². The Morgan fingerprint density at radius 1 is 1.35 bits per heavy atom. The average molecular weight is 303 g/mol. The number of carboxylic acids is 1. The Kier molecular flexibility index (Phi) is 4.17. The number of rotatable bonds is 4. The third-order valence-corrected chi connectivity index (χ3v) is 5.02. The van der Waals surface area contributed by atoms with Crippen molar-refractivity contribution in [1.82, 2.24) is 4.72 Å². The van der Waals surface area contributed by atoms with E-state index in [1.165, 1.54) is 6.92 Å². The minimum atomic E-state index is -3.81. The van der Waals surface area contributed by atoms with Crippen LogP contribution in [0.25, 0.3) is 0 Å². The van der Waals surface area contributed by atoms with Crippen LogP contribution in [0.2, 0.25) is 0 Å². The van der Waals surface area contributed by atoms with Gasteiger partial charge in [0, 0.05) is 12.1 Å². The predicted octanol–water partition coefficient (Wildman–Crippen LogP) is 0.868. The zero-order valence-electron chi connectivity index (χ0n) is 11.0. The standard InChI is InChI=1S/C12H17NO6S/c1-7-11(6-10(19-7)12(15)16)20(17,18)13-8-2-4-9(14)5-3-8/h6,8-9,13-14H,2-5H2,1H3,(H,15,16). The Bertz CT molecular complexity index is 597. The van der Waals surface area contributed by atoms with Gasteiger partial charge in [-0.2, -0.15) is 0 Å². The maximum Gasteiger partial charge on any atom is 0.371 e. The Balaban J connectivity index is 2.16. The third kappa shape index (κ3) is 3.20. The Hall–Kier alpha value is -1.38. The molecule has 0 amide bonds. The van der Waals surface area contributed by atoms with E-state index in [-0.39, 0.29) is 22.8 Å². The number of aromatic carboxylic acids is 1. The fourth-order valence-electron chi connectivity index (χ4n) is 2.31. The molecule has 1 aromatic heterocycles. The van der Waals surface area contributed by atoms with Crippen LogP contribution in [-0.2, 0) is 10.0 Å². The summed E-state index contributed by atoms with van der Waals surface area (Å²) < 4.78 is 31.9. The Morgan fingerprint density at radius 2 is 1.95 bits per heavy atom. The molecule has 20 heavy (non-hydrogen) atoms. The van der Waals surface area contributed by atoms with Gasteiger partial charge in [0.15, 0.2) is 0 Å². The number of nitrogens with one attached hydrogen (secondary N) is 1. The summed E-state index contributed by atoms with van der Waals surface area (Å²) >= 11 is 0. The van der Waals surface area contributed by atoms with Gasteiger partial charge in [-0.05, 0) is 32.6 Å². The largest absolute Gasteiger partial charge is 0.475 e. The molecule has 112 valence electrons. The summed E-state index contributed by atoms with van der Waals surface area (Å²) in [5.41, 5.74) is 0. The molecule has 0 radical (unpaired) electrons. The van der Waals surface area contributed by atoms with Crippen molar-refractivity contribution < 1.29 is 27.8 Å². The quantitative estimate of drug-likeness (QED) is 0.759. The van der Waals surface area contributed by atoms with Crippen LogP contribution in [0.4, 0.5) is 0 Å². The van der Waals surface area contributed by atoms with Gasteiger partial charge in [-0.3, -0.25) is 0 Å². The highest BCUT2D eigenvalue weighted by molar-refractivity contribution is 7.89. The van der Waals surface area contributed by atoms with Gasteiger partial charge < -0.3 is 14.6 Å². The van der Waals surface area contributed by atoms with Gasteiger partial charge in [0.2, 0.25) is 15.8 Å². The van der Waals surface area contributed by atoms with Crippen molar-refractivity contribution in [3.63, 3.8) is 0 Å². The lowest BCUT2D eigenvalue weighted by Gasteiger charge is -2.25. The van der Waals surface area contributed by atoms with Crippen molar-refractivity contribution >= 4 is 16.0 Å². The van der Waals surface area contributed by atoms with Crippen LogP contribution < -0.4 is 4.72 Å². The lowest BCUT2D eigenvalue weighted by molar-refractivity contribution is 0.0661. The summed E-state index contributed by atoms with van der Waals surface area (Å²) in [4.78, 5) is 10.6. The van der Waals surface area contributed by atoms with E-state index in [9.17, 15) is 18.3 Å². The molecule has 1 fully saturated rings. The van der Waals surface area contributed by atoms with Gasteiger partial charge in [0.05, 0.1) is 6.10 Å². The smallest absolute Gasteiger partial charge is 0.371 e. The van der Waals surface area contributed by atoms with Crippen molar-refractivity contribution in [3.8, 4) is 0 Å². The summed E-state index contributed by atoms with van der Waals surface area (Å²) in [6.07, 6.45) is 1.85. The highest BCUT2D eigenvalue weighted by Crippen LogP contribution is 2.23. The molecule has 3 N–H and O–H groups in total. The molecule has 0 saturated heterocycles. The van der Waals surface area contributed by atoms with E-state index >= 15 is 0 Å². The number of carboxylic acid groups (broad SMARTS) is 1. The maximum absolute atomic E-state index is 12.2. The number of sulfonamides is 1. The minimum absolute atomic E-state index is 0.0470. The second-order valence-electron chi connectivity index (χ2n) is 4.96. The fourth-order valence-corrected chi connectivity index (χ4v) is 3.80. The molecule has 0 spiro atoms. The molecule has 2 rings (SSSR count). The van der Waals surface area contributed by atoms with E-state index in [2.05, 4.69) is 4.72 Å². The number of hydrogen-bond donors (Lipinski definition) is 3. The van der Waals surface area contributed by atoms with Crippen molar-refractivity contribution in [2.45, 2.75) is 49.6 Å². The molecule has 1 saturated carbocycles. The number of aliphatic hydroxyl groups is 1. The molecule has 0 aliphatic heterocycles. The predicted molar refractivity (Wildman–Crippen MR) is 69.0 cm³/mol. The molecule has 0 unspecified atom stereocenters. The molecule has 0 bridgehead atoms. The van der Waals surface area contributed by atoms with Crippen LogP contribution in [0, 0.1) is 6.92 Å². The molecule has 8 heteroatoms. The summed E-state index contributed by atoms with van der Waals surface area (Å²) in [6, 6.07) is 0.767. The monoisotopic (exact) mass is 303 g/mol. The van der Waals surface area contributed by atoms with Gasteiger partial charge in [0.1, 0.15) is 10.7 Å². The van der Waals surface area contributed by atoms with Crippen molar-refractivity contribution in [2.24, 2.45) is 0 Å². The van der Waals surface area contributed by atoms with Crippen LogP contribution in [-0.4, -0.2) is 36.7 Å². The fraction of sp³-hybridized carbons (Fsp3) is 0.583. The number of carbonyl (C=O) groups is 1. The molecule has 1 heterocycles. The first-order chi connectivity index (χ1) is 9.29. The number of aliphatic hydroxyl groups excluding tert-OH is 1. The second kappa shape index (κ2) is 5.55. The first-order valence-corrected chi connectivity index (χ1v) is 7.82. The maximum atomic E-state index is 12.2. The normalized spacial score (nSPS) is 23.7.